The first kappa shape index (κ1) is 12.0. The Bertz CT molecular complexity index is 248. The van der Waals surface area contributed by atoms with Crippen LogP contribution in [0, 0.1) is 11.3 Å². The first-order chi connectivity index (χ1) is 8.29. The normalized spacial score (nSPS) is 38.6. The number of nitrogens with one attached hydrogen (secondary N) is 1. The molecule has 2 heteroatoms. The van der Waals surface area contributed by atoms with E-state index in [4.69, 9.17) is 0 Å². The van der Waals surface area contributed by atoms with E-state index in [1.54, 1.807) is 0 Å². The van der Waals surface area contributed by atoms with E-state index in [1.165, 1.54) is 71.1 Å². The van der Waals surface area contributed by atoms with Crippen molar-refractivity contribution in [1.29, 1.82) is 0 Å². The van der Waals surface area contributed by atoms with Crippen LogP contribution in [0.5, 0.6) is 0 Å². The van der Waals surface area contributed by atoms with Crippen molar-refractivity contribution in [2.75, 3.05) is 26.2 Å². The Morgan fingerprint density at radius 2 is 1.76 bits per heavy atom. The SMILES string of the molecule is CC1CCNCC1N1CCC2(CCCC2)CC1. The van der Waals surface area contributed by atoms with Gasteiger partial charge in [-0.1, -0.05) is 19.8 Å². The minimum Gasteiger partial charge on any atom is -0.315 e. The molecule has 0 radical (unpaired) electrons. The van der Waals surface area contributed by atoms with E-state index in [2.05, 4.69) is 17.1 Å². The molecule has 0 aromatic heterocycles. The second-order valence-electron chi connectivity index (χ2n) is 6.78. The van der Waals surface area contributed by atoms with Gasteiger partial charge in [-0.25, -0.2) is 0 Å². The maximum absolute atomic E-state index is 3.58. The highest BCUT2D eigenvalue weighted by Gasteiger charge is 2.39. The average molecular weight is 236 g/mol. The maximum Gasteiger partial charge on any atom is 0.0246 e. The second kappa shape index (κ2) is 4.89. The third-order valence-corrected chi connectivity index (χ3v) is 5.78. The molecular weight excluding hydrogens is 208 g/mol. The molecule has 0 amide bonds. The Labute approximate surface area is 106 Å². The smallest absolute Gasteiger partial charge is 0.0246 e. The van der Waals surface area contributed by atoms with Gasteiger partial charge < -0.3 is 5.32 Å². The molecule has 2 aliphatic heterocycles. The fourth-order valence-electron chi connectivity index (χ4n) is 4.42. The Balaban J connectivity index is 1.57. The summed E-state index contributed by atoms with van der Waals surface area (Å²) in [6, 6.07) is 0.822. The van der Waals surface area contributed by atoms with Gasteiger partial charge in [0.1, 0.15) is 0 Å². The Morgan fingerprint density at radius 1 is 1.06 bits per heavy atom. The number of rotatable bonds is 1. The molecular formula is C15H28N2. The predicted octanol–water partition coefficient (Wildman–Crippen LogP) is 2.64. The van der Waals surface area contributed by atoms with Crippen LogP contribution in [-0.2, 0) is 0 Å². The van der Waals surface area contributed by atoms with Gasteiger partial charge in [-0.15, -0.1) is 0 Å². The van der Waals surface area contributed by atoms with Crippen LogP contribution in [0.1, 0.15) is 51.9 Å². The second-order valence-corrected chi connectivity index (χ2v) is 6.78. The van der Waals surface area contributed by atoms with Crippen LogP contribution in [0.2, 0.25) is 0 Å². The van der Waals surface area contributed by atoms with Crippen molar-refractivity contribution in [3.8, 4) is 0 Å². The number of hydrogen-bond acceptors (Lipinski definition) is 2. The summed E-state index contributed by atoms with van der Waals surface area (Å²) in [7, 11) is 0. The molecule has 0 bridgehead atoms. The number of likely N-dealkylation sites (tertiary alicyclic amines) is 1. The highest BCUT2D eigenvalue weighted by atomic mass is 15.2. The van der Waals surface area contributed by atoms with Crippen molar-refractivity contribution >= 4 is 0 Å². The lowest BCUT2D eigenvalue weighted by Gasteiger charge is -2.46. The largest absolute Gasteiger partial charge is 0.315 e. The van der Waals surface area contributed by atoms with Gasteiger partial charge in [-0.2, -0.15) is 0 Å². The highest BCUT2D eigenvalue weighted by molar-refractivity contribution is 4.93. The molecule has 98 valence electrons. The van der Waals surface area contributed by atoms with Gasteiger partial charge >= 0.3 is 0 Å². The molecule has 2 saturated heterocycles. The van der Waals surface area contributed by atoms with Gasteiger partial charge in [0, 0.05) is 12.6 Å². The lowest BCUT2D eigenvalue weighted by atomic mass is 9.76. The van der Waals surface area contributed by atoms with Gasteiger partial charge in [0.05, 0.1) is 0 Å². The van der Waals surface area contributed by atoms with Gasteiger partial charge in [0.15, 0.2) is 0 Å². The van der Waals surface area contributed by atoms with Crippen LogP contribution in [0.3, 0.4) is 0 Å². The Hall–Kier alpha value is -0.0800. The zero-order valence-corrected chi connectivity index (χ0v) is 11.4. The van der Waals surface area contributed by atoms with Gasteiger partial charge in [0.25, 0.3) is 0 Å². The van der Waals surface area contributed by atoms with Crippen molar-refractivity contribution in [3.63, 3.8) is 0 Å². The lowest BCUT2D eigenvalue weighted by Crippen LogP contribution is -2.53. The minimum absolute atomic E-state index is 0.780. The molecule has 0 aromatic carbocycles. The first-order valence-corrected chi connectivity index (χ1v) is 7.74. The topological polar surface area (TPSA) is 15.3 Å². The molecule has 2 atom stereocenters. The highest BCUT2D eigenvalue weighted by Crippen LogP contribution is 2.46. The van der Waals surface area contributed by atoms with E-state index >= 15 is 0 Å². The maximum atomic E-state index is 3.58. The monoisotopic (exact) mass is 236 g/mol. The van der Waals surface area contributed by atoms with Crippen LogP contribution in [0.15, 0.2) is 0 Å². The summed E-state index contributed by atoms with van der Waals surface area (Å²) in [6.07, 6.45) is 10.4. The molecule has 17 heavy (non-hydrogen) atoms. The molecule has 1 spiro atoms. The van der Waals surface area contributed by atoms with Crippen molar-refractivity contribution in [2.24, 2.45) is 11.3 Å². The van der Waals surface area contributed by atoms with E-state index in [0.717, 1.165) is 17.4 Å². The Morgan fingerprint density at radius 3 is 2.41 bits per heavy atom. The third kappa shape index (κ3) is 2.39. The molecule has 3 rings (SSSR count). The van der Waals surface area contributed by atoms with Crippen molar-refractivity contribution in [3.05, 3.63) is 0 Å². The van der Waals surface area contributed by atoms with E-state index in [1.807, 2.05) is 0 Å². The number of nitrogens with zero attached hydrogens (tertiary/aromatic N) is 1. The molecule has 3 aliphatic rings. The van der Waals surface area contributed by atoms with Crippen LogP contribution in [0.25, 0.3) is 0 Å². The standard InChI is InChI=1S/C15H28N2/c1-13-4-9-16-12-14(13)17-10-7-15(8-11-17)5-2-3-6-15/h13-14,16H,2-12H2,1H3. The van der Waals surface area contributed by atoms with Crippen molar-refractivity contribution < 1.29 is 0 Å². The van der Waals surface area contributed by atoms with E-state index in [9.17, 15) is 0 Å². The zero-order chi connectivity index (χ0) is 11.7. The summed E-state index contributed by atoms with van der Waals surface area (Å²) < 4.78 is 0. The fraction of sp³-hybridized carbons (Fsp3) is 1.00. The molecule has 2 nitrogen and oxygen atoms in total. The van der Waals surface area contributed by atoms with Crippen LogP contribution in [-0.4, -0.2) is 37.1 Å². The summed E-state index contributed by atoms with van der Waals surface area (Å²) in [4.78, 5) is 2.79. The quantitative estimate of drug-likeness (QED) is 0.753. The van der Waals surface area contributed by atoms with E-state index in [-0.39, 0.29) is 0 Å². The summed E-state index contributed by atoms with van der Waals surface area (Å²) in [5, 5.41) is 3.58. The molecule has 1 N–H and O–H groups in total. The van der Waals surface area contributed by atoms with Crippen molar-refractivity contribution in [1.82, 2.24) is 10.2 Å². The van der Waals surface area contributed by atoms with Crippen LogP contribution < -0.4 is 5.32 Å². The summed E-state index contributed by atoms with van der Waals surface area (Å²) >= 11 is 0. The van der Waals surface area contributed by atoms with E-state index < -0.39 is 0 Å². The molecule has 0 aromatic rings. The van der Waals surface area contributed by atoms with E-state index in [0.29, 0.717) is 0 Å². The minimum atomic E-state index is 0.780. The summed E-state index contributed by atoms with van der Waals surface area (Å²) in [5.41, 5.74) is 0.780. The number of hydrogen-bond donors (Lipinski definition) is 1. The first-order valence-electron chi connectivity index (χ1n) is 7.74. The summed E-state index contributed by atoms with van der Waals surface area (Å²) in [5.74, 6) is 0.897. The predicted molar refractivity (Wildman–Crippen MR) is 72.1 cm³/mol. The lowest BCUT2D eigenvalue weighted by molar-refractivity contribution is 0.0459. The van der Waals surface area contributed by atoms with Gasteiger partial charge in [-0.05, 0) is 63.1 Å². The van der Waals surface area contributed by atoms with Crippen LogP contribution >= 0.6 is 0 Å². The molecule has 1 aliphatic carbocycles. The molecule has 3 fully saturated rings. The van der Waals surface area contributed by atoms with Crippen LogP contribution in [0.4, 0.5) is 0 Å². The number of piperidine rings is 2. The van der Waals surface area contributed by atoms with Gasteiger partial charge in [-0.3, -0.25) is 4.90 Å². The fourth-order valence-corrected chi connectivity index (χ4v) is 4.42. The molecule has 1 saturated carbocycles. The van der Waals surface area contributed by atoms with Crippen molar-refractivity contribution in [2.45, 2.75) is 57.9 Å². The molecule has 2 heterocycles. The third-order valence-electron chi connectivity index (χ3n) is 5.78. The molecule has 2 unspecified atom stereocenters. The summed E-state index contributed by atoms with van der Waals surface area (Å²) in [6.45, 7) is 7.66. The Kier molecular flexibility index (Phi) is 3.45. The van der Waals surface area contributed by atoms with Gasteiger partial charge in [0.2, 0.25) is 0 Å². The average Bonchev–Trinajstić information content (AvgIpc) is 2.80. The zero-order valence-electron chi connectivity index (χ0n) is 11.4.